The molecule has 0 amide bonds. The van der Waals surface area contributed by atoms with Crippen LogP contribution in [-0.4, -0.2) is 9.78 Å². The van der Waals surface area contributed by atoms with E-state index in [1.165, 1.54) is 6.26 Å². The molecule has 6 nitrogen and oxygen atoms in total. The summed E-state index contributed by atoms with van der Waals surface area (Å²) in [5, 5.41) is 12.2. The molecule has 0 unspecified atom stereocenters. The molecule has 0 N–H and O–H groups in total. The molecule has 2 aromatic rings. The number of hydrogen-bond acceptors (Lipinski definition) is 5. The van der Waals surface area contributed by atoms with Gasteiger partial charge in [0.05, 0.1) is 25.3 Å². The Morgan fingerprint density at radius 3 is 3.13 bits per heavy atom. The van der Waals surface area contributed by atoms with E-state index in [9.17, 15) is 4.79 Å². The lowest BCUT2D eigenvalue weighted by Crippen LogP contribution is -2.15. The van der Waals surface area contributed by atoms with Crippen LogP contribution >= 0.6 is 0 Å². The molecule has 0 aliphatic carbocycles. The highest BCUT2D eigenvalue weighted by molar-refractivity contribution is 5.42. The van der Waals surface area contributed by atoms with E-state index in [0.29, 0.717) is 5.76 Å². The average molecular weight is 205 g/mol. The number of furan rings is 1. The van der Waals surface area contributed by atoms with E-state index in [0.717, 1.165) is 4.68 Å². The molecule has 0 aliphatic rings. The summed E-state index contributed by atoms with van der Waals surface area (Å²) in [7, 11) is 0. The SMILES string of the molecule is N#CCCn1nc(-c2ccco2)oc1=O. The number of aryl methyl sites for hydroxylation is 1. The summed E-state index contributed by atoms with van der Waals surface area (Å²) in [6.07, 6.45) is 1.67. The lowest BCUT2D eigenvalue weighted by Gasteiger charge is -1.88. The van der Waals surface area contributed by atoms with Gasteiger partial charge in [-0.1, -0.05) is 0 Å². The lowest BCUT2D eigenvalue weighted by molar-refractivity contribution is 0.470. The monoisotopic (exact) mass is 205 g/mol. The predicted molar refractivity (Wildman–Crippen MR) is 48.7 cm³/mol. The second-order valence-electron chi connectivity index (χ2n) is 2.78. The third-order valence-electron chi connectivity index (χ3n) is 1.77. The Bertz CT molecular complexity index is 530. The minimum atomic E-state index is -0.586. The summed E-state index contributed by atoms with van der Waals surface area (Å²) in [5.41, 5.74) is 0. The van der Waals surface area contributed by atoms with E-state index in [1.807, 2.05) is 6.07 Å². The van der Waals surface area contributed by atoms with Crippen molar-refractivity contribution in [1.82, 2.24) is 9.78 Å². The Labute approximate surface area is 84.3 Å². The highest BCUT2D eigenvalue weighted by Gasteiger charge is 2.11. The zero-order valence-corrected chi connectivity index (χ0v) is 7.71. The molecule has 0 aromatic carbocycles. The van der Waals surface area contributed by atoms with Crippen LogP contribution in [0.2, 0.25) is 0 Å². The first-order valence-electron chi connectivity index (χ1n) is 4.30. The van der Waals surface area contributed by atoms with E-state index in [4.69, 9.17) is 14.1 Å². The van der Waals surface area contributed by atoms with Crippen LogP contribution in [0.25, 0.3) is 11.7 Å². The van der Waals surface area contributed by atoms with Gasteiger partial charge in [0, 0.05) is 0 Å². The lowest BCUT2D eigenvalue weighted by atomic mass is 10.4. The highest BCUT2D eigenvalue weighted by Crippen LogP contribution is 2.14. The quantitative estimate of drug-likeness (QED) is 0.746. The first-order valence-corrected chi connectivity index (χ1v) is 4.30. The maximum Gasteiger partial charge on any atom is 0.437 e. The smallest absolute Gasteiger partial charge is 0.437 e. The van der Waals surface area contributed by atoms with Gasteiger partial charge in [0.25, 0.3) is 5.89 Å². The van der Waals surface area contributed by atoms with Crippen molar-refractivity contribution in [3.8, 4) is 17.7 Å². The molecule has 0 bridgehead atoms. The third-order valence-corrected chi connectivity index (χ3v) is 1.77. The molecule has 2 rings (SSSR count). The molecule has 0 saturated heterocycles. The van der Waals surface area contributed by atoms with Gasteiger partial charge in [-0.25, -0.2) is 4.79 Å². The Morgan fingerprint density at radius 2 is 2.47 bits per heavy atom. The molecule has 0 atom stereocenters. The van der Waals surface area contributed by atoms with Crippen LogP contribution in [0.3, 0.4) is 0 Å². The first-order chi connectivity index (χ1) is 7.31. The Hall–Kier alpha value is -2.29. The molecular formula is C9H7N3O3. The second-order valence-corrected chi connectivity index (χ2v) is 2.78. The normalized spacial score (nSPS) is 10.1. The number of hydrogen-bond donors (Lipinski definition) is 0. The van der Waals surface area contributed by atoms with Gasteiger partial charge in [-0.05, 0) is 12.1 Å². The standard InChI is InChI=1S/C9H7N3O3/c10-4-2-5-12-9(13)15-8(11-12)7-3-1-6-14-7/h1,3,6H,2,5H2. The van der Waals surface area contributed by atoms with Crippen LogP contribution in [0.1, 0.15) is 6.42 Å². The van der Waals surface area contributed by atoms with E-state index >= 15 is 0 Å². The Balaban J connectivity index is 2.30. The molecule has 15 heavy (non-hydrogen) atoms. The van der Waals surface area contributed by atoms with Crippen LogP contribution in [0, 0.1) is 11.3 Å². The topological polar surface area (TPSA) is 85.0 Å². The summed E-state index contributed by atoms with van der Waals surface area (Å²) in [6.45, 7) is 0.222. The summed E-state index contributed by atoms with van der Waals surface area (Å²) in [4.78, 5) is 11.2. The van der Waals surface area contributed by atoms with E-state index in [1.54, 1.807) is 12.1 Å². The minimum Gasteiger partial charge on any atom is -0.459 e. The fraction of sp³-hybridized carbons (Fsp3) is 0.222. The zero-order chi connectivity index (χ0) is 10.7. The summed E-state index contributed by atoms with van der Waals surface area (Å²) in [6, 6.07) is 5.23. The zero-order valence-electron chi connectivity index (χ0n) is 7.71. The van der Waals surface area contributed by atoms with Gasteiger partial charge in [-0.3, -0.25) is 0 Å². The third kappa shape index (κ3) is 1.81. The van der Waals surface area contributed by atoms with Crippen LogP contribution in [0.4, 0.5) is 0 Å². The van der Waals surface area contributed by atoms with Crippen molar-refractivity contribution in [2.45, 2.75) is 13.0 Å². The van der Waals surface area contributed by atoms with Crippen LogP contribution in [0.5, 0.6) is 0 Å². The number of rotatable bonds is 3. The number of nitriles is 1. The molecular weight excluding hydrogens is 198 g/mol. The van der Waals surface area contributed by atoms with Gasteiger partial charge in [0.1, 0.15) is 0 Å². The molecule has 0 fully saturated rings. The van der Waals surface area contributed by atoms with Crippen molar-refractivity contribution >= 4 is 0 Å². The molecule has 0 radical (unpaired) electrons. The number of aromatic nitrogens is 2. The summed E-state index contributed by atoms with van der Waals surface area (Å²) < 4.78 is 11.0. The Morgan fingerprint density at radius 1 is 1.60 bits per heavy atom. The summed E-state index contributed by atoms with van der Waals surface area (Å²) >= 11 is 0. The van der Waals surface area contributed by atoms with Crippen molar-refractivity contribution in [3.63, 3.8) is 0 Å². The highest BCUT2D eigenvalue weighted by atomic mass is 16.4. The van der Waals surface area contributed by atoms with Gasteiger partial charge >= 0.3 is 5.76 Å². The minimum absolute atomic E-state index is 0.128. The molecule has 76 valence electrons. The fourth-order valence-corrected chi connectivity index (χ4v) is 1.10. The van der Waals surface area contributed by atoms with Crippen molar-refractivity contribution in [3.05, 3.63) is 28.9 Å². The maximum atomic E-state index is 11.2. The van der Waals surface area contributed by atoms with Gasteiger partial charge in [-0.15, -0.1) is 5.10 Å². The molecule has 0 spiro atoms. The first kappa shape index (κ1) is 9.27. The molecule has 2 heterocycles. The predicted octanol–water partition coefficient (Wildman–Crippen LogP) is 1.01. The van der Waals surface area contributed by atoms with Crippen LogP contribution in [-0.2, 0) is 6.54 Å². The fourth-order valence-electron chi connectivity index (χ4n) is 1.10. The van der Waals surface area contributed by atoms with Gasteiger partial charge in [0.15, 0.2) is 5.76 Å². The molecule has 0 aliphatic heterocycles. The Kier molecular flexibility index (Phi) is 2.37. The van der Waals surface area contributed by atoms with E-state index in [2.05, 4.69) is 5.10 Å². The van der Waals surface area contributed by atoms with Crippen molar-refractivity contribution < 1.29 is 8.83 Å². The van der Waals surface area contributed by atoms with Crippen molar-refractivity contribution in [2.75, 3.05) is 0 Å². The van der Waals surface area contributed by atoms with Crippen LogP contribution in [0.15, 0.2) is 32.0 Å². The van der Waals surface area contributed by atoms with Gasteiger partial charge in [-0.2, -0.15) is 9.94 Å². The maximum absolute atomic E-state index is 11.2. The molecule has 6 heteroatoms. The molecule has 0 saturated carbocycles. The van der Waals surface area contributed by atoms with Gasteiger partial charge < -0.3 is 8.83 Å². The largest absolute Gasteiger partial charge is 0.459 e. The van der Waals surface area contributed by atoms with Crippen molar-refractivity contribution in [2.24, 2.45) is 0 Å². The van der Waals surface area contributed by atoms with E-state index in [-0.39, 0.29) is 18.9 Å². The second kappa shape index (κ2) is 3.84. The van der Waals surface area contributed by atoms with E-state index < -0.39 is 5.76 Å². The summed E-state index contributed by atoms with van der Waals surface area (Å²) in [5.74, 6) is -0.0672. The van der Waals surface area contributed by atoms with Crippen LogP contribution < -0.4 is 5.76 Å². The average Bonchev–Trinajstić information content (AvgIpc) is 2.83. The number of nitrogens with zero attached hydrogens (tertiary/aromatic N) is 3. The molecule has 2 aromatic heterocycles. The van der Waals surface area contributed by atoms with Gasteiger partial charge in [0.2, 0.25) is 0 Å². The van der Waals surface area contributed by atoms with Crippen molar-refractivity contribution in [1.29, 1.82) is 5.26 Å².